The number of rotatable bonds is 6. The number of fused-ring (bicyclic) bond motifs is 5. The third kappa shape index (κ3) is 4.97. The fourth-order valence-corrected chi connectivity index (χ4v) is 8.36. The second-order valence-electron chi connectivity index (χ2n) is 14.8. The van der Waals surface area contributed by atoms with E-state index in [1.165, 1.54) is 38.5 Å². The van der Waals surface area contributed by atoms with Crippen molar-refractivity contribution in [2.75, 3.05) is 6.61 Å². The zero-order valence-electron chi connectivity index (χ0n) is 30.0. The van der Waals surface area contributed by atoms with Crippen molar-refractivity contribution in [1.29, 1.82) is 0 Å². The largest absolute Gasteiger partial charge is 0.475 e. The Labute approximate surface area is 299 Å². The normalized spacial score (nSPS) is 16.0. The minimum absolute atomic E-state index is 0.0466. The Kier molecular flexibility index (Phi) is 7.18. The van der Waals surface area contributed by atoms with Crippen LogP contribution in [0.15, 0.2) is 120 Å². The summed E-state index contributed by atoms with van der Waals surface area (Å²) >= 11 is 0. The molecule has 0 saturated heterocycles. The fourth-order valence-electron chi connectivity index (χ4n) is 8.36. The summed E-state index contributed by atoms with van der Waals surface area (Å²) in [4.78, 5) is 10.2. The van der Waals surface area contributed by atoms with Crippen LogP contribution in [0.2, 0.25) is 0 Å². The molecule has 2 aliphatic rings. The van der Waals surface area contributed by atoms with Gasteiger partial charge in [-0.05, 0) is 90.4 Å². The van der Waals surface area contributed by atoms with E-state index in [4.69, 9.17) is 19.5 Å². The lowest BCUT2D eigenvalue weighted by molar-refractivity contribution is 0.308. The van der Waals surface area contributed by atoms with Gasteiger partial charge in [-0.3, -0.25) is 4.57 Å². The molecule has 7 aromatic rings. The average Bonchev–Trinajstić information content (AvgIpc) is 3.73. The van der Waals surface area contributed by atoms with Crippen molar-refractivity contribution in [1.82, 2.24) is 9.55 Å². The van der Waals surface area contributed by atoms with Crippen molar-refractivity contribution in [3.63, 3.8) is 0 Å². The molecule has 5 aromatic carbocycles. The Morgan fingerprint density at radius 1 is 0.725 bits per heavy atom. The van der Waals surface area contributed by atoms with Gasteiger partial charge in [0.25, 0.3) is 0 Å². The van der Waals surface area contributed by atoms with Gasteiger partial charge in [0.1, 0.15) is 23.8 Å². The molecule has 1 atom stereocenters. The van der Waals surface area contributed by atoms with Crippen LogP contribution in [0.25, 0.3) is 27.6 Å². The first kappa shape index (κ1) is 31.3. The van der Waals surface area contributed by atoms with E-state index in [1.807, 2.05) is 6.20 Å². The number of aryl methyl sites for hydroxylation is 4. The van der Waals surface area contributed by atoms with E-state index >= 15 is 0 Å². The van der Waals surface area contributed by atoms with Gasteiger partial charge >= 0.3 is 0 Å². The highest BCUT2D eigenvalue weighted by atomic mass is 16.5. The quantitative estimate of drug-likeness (QED) is 0.177. The predicted octanol–water partition coefficient (Wildman–Crippen LogP) is 10.8. The number of ether oxygens (including phenoxy) is 2. The molecule has 2 aromatic heterocycles. The van der Waals surface area contributed by atoms with Crippen LogP contribution in [0.1, 0.15) is 69.8 Å². The molecule has 2 aliphatic heterocycles. The summed E-state index contributed by atoms with van der Waals surface area (Å²) in [6, 6.07) is 39.0. The molecule has 0 amide bonds. The molecule has 0 spiro atoms. The molecular formula is C46H41N3O2. The van der Waals surface area contributed by atoms with Crippen molar-refractivity contribution >= 4 is 27.8 Å². The molecule has 0 N–H and O–H groups in total. The van der Waals surface area contributed by atoms with Gasteiger partial charge < -0.3 is 9.47 Å². The minimum atomic E-state index is -0.198. The summed E-state index contributed by atoms with van der Waals surface area (Å²) in [6.45, 7) is 13.6. The molecule has 0 aliphatic carbocycles. The van der Waals surface area contributed by atoms with Crippen molar-refractivity contribution < 1.29 is 9.47 Å². The van der Waals surface area contributed by atoms with E-state index in [2.05, 4.69) is 155 Å². The lowest BCUT2D eigenvalue weighted by Gasteiger charge is -2.35. The Hall–Kier alpha value is -5.68. The standard InChI is InChI=1S/C46H41N3O2/c1-27-20-35-33-18-13-19-36-43(33)49(44(35)47-25-27)39-24-41(30(4)22-37(39)46(36,5)6)51-40-23-34(28(2)21-29(40)3)45-48-38(26-50-45)42(31-14-9-7-10-15-31)32-16-11-8-12-17-32/h7-25,38,42H,26H2,1-6H3/t38-/m0/s1. The molecule has 0 radical (unpaired) electrons. The van der Waals surface area contributed by atoms with Crippen molar-refractivity contribution in [2.45, 2.75) is 58.9 Å². The molecular weight excluding hydrogens is 627 g/mol. The molecule has 5 heteroatoms. The van der Waals surface area contributed by atoms with Crippen LogP contribution in [0.3, 0.4) is 0 Å². The summed E-state index contributed by atoms with van der Waals surface area (Å²) in [7, 11) is 0. The Bertz CT molecular complexity index is 2490. The number of benzene rings is 5. The van der Waals surface area contributed by atoms with E-state index in [9.17, 15) is 0 Å². The van der Waals surface area contributed by atoms with Gasteiger partial charge in [-0.15, -0.1) is 0 Å². The Morgan fingerprint density at radius 3 is 2.14 bits per heavy atom. The van der Waals surface area contributed by atoms with Crippen LogP contribution in [-0.2, 0) is 10.2 Å². The van der Waals surface area contributed by atoms with E-state index in [-0.39, 0.29) is 17.4 Å². The van der Waals surface area contributed by atoms with Gasteiger partial charge in [0.15, 0.2) is 0 Å². The zero-order chi connectivity index (χ0) is 35.0. The lowest BCUT2D eigenvalue weighted by atomic mass is 9.74. The fraction of sp³-hybridized carbons (Fsp3) is 0.217. The second-order valence-corrected chi connectivity index (χ2v) is 14.8. The van der Waals surface area contributed by atoms with Crippen LogP contribution in [-0.4, -0.2) is 28.1 Å². The first-order valence-corrected chi connectivity index (χ1v) is 17.8. The second kappa shape index (κ2) is 11.7. The van der Waals surface area contributed by atoms with E-state index in [0.717, 1.165) is 50.7 Å². The first-order chi connectivity index (χ1) is 24.7. The topological polar surface area (TPSA) is 48.6 Å². The SMILES string of the molecule is Cc1cnc2c(c1)c1cccc3c1n2-c1cc(Oc2cc(C4=N[C@H](C(c5ccccc5)c5ccccc5)CO4)c(C)cc2C)c(C)cc1C3(C)C. The maximum Gasteiger partial charge on any atom is 0.216 e. The summed E-state index contributed by atoms with van der Waals surface area (Å²) in [5, 5.41) is 2.41. The van der Waals surface area contributed by atoms with E-state index in [0.29, 0.717) is 12.5 Å². The number of aromatic nitrogens is 2. The van der Waals surface area contributed by atoms with Crippen molar-refractivity contribution in [3.8, 4) is 17.2 Å². The number of nitrogens with zero attached hydrogens (tertiary/aromatic N) is 3. The highest BCUT2D eigenvalue weighted by Gasteiger charge is 2.36. The molecule has 9 rings (SSSR count). The molecule has 0 fully saturated rings. The summed E-state index contributed by atoms with van der Waals surface area (Å²) in [5.41, 5.74) is 13.5. The van der Waals surface area contributed by atoms with Crippen LogP contribution < -0.4 is 4.74 Å². The molecule has 252 valence electrons. The number of para-hydroxylation sites is 1. The molecule has 4 heterocycles. The van der Waals surface area contributed by atoms with Crippen LogP contribution in [0.4, 0.5) is 0 Å². The van der Waals surface area contributed by atoms with Gasteiger partial charge in [-0.1, -0.05) is 98.8 Å². The Balaban J connectivity index is 1.12. The lowest BCUT2D eigenvalue weighted by Crippen LogP contribution is -2.26. The van der Waals surface area contributed by atoms with Gasteiger partial charge in [-0.25, -0.2) is 9.98 Å². The molecule has 0 bridgehead atoms. The highest BCUT2D eigenvalue weighted by Crippen LogP contribution is 2.49. The van der Waals surface area contributed by atoms with E-state index in [1.54, 1.807) is 0 Å². The number of hydrogen-bond acceptors (Lipinski definition) is 4. The van der Waals surface area contributed by atoms with Crippen LogP contribution in [0.5, 0.6) is 11.5 Å². The third-order valence-electron chi connectivity index (χ3n) is 11.0. The van der Waals surface area contributed by atoms with Crippen molar-refractivity contribution in [2.24, 2.45) is 4.99 Å². The maximum atomic E-state index is 6.89. The summed E-state index contributed by atoms with van der Waals surface area (Å²) in [5.74, 6) is 2.38. The van der Waals surface area contributed by atoms with Gasteiger partial charge in [0.05, 0.1) is 17.2 Å². The Morgan fingerprint density at radius 2 is 1.41 bits per heavy atom. The average molecular weight is 668 g/mol. The smallest absolute Gasteiger partial charge is 0.216 e. The number of aliphatic imine (C=N–C) groups is 1. The van der Waals surface area contributed by atoms with Gasteiger partial charge in [-0.2, -0.15) is 0 Å². The molecule has 51 heavy (non-hydrogen) atoms. The van der Waals surface area contributed by atoms with Gasteiger partial charge in [0, 0.05) is 39.9 Å². The maximum absolute atomic E-state index is 6.89. The molecule has 0 unspecified atom stereocenters. The van der Waals surface area contributed by atoms with Crippen LogP contribution in [0, 0.1) is 27.7 Å². The minimum Gasteiger partial charge on any atom is -0.475 e. The monoisotopic (exact) mass is 667 g/mol. The van der Waals surface area contributed by atoms with Crippen molar-refractivity contribution in [3.05, 3.63) is 165 Å². The summed E-state index contributed by atoms with van der Waals surface area (Å²) < 4.78 is 15.6. The molecule has 0 saturated carbocycles. The zero-order valence-corrected chi connectivity index (χ0v) is 30.0. The van der Waals surface area contributed by atoms with Crippen LogP contribution >= 0.6 is 0 Å². The first-order valence-electron chi connectivity index (χ1n) is 17.8. The van der Waals surface area contributed by atoms with Gasteiger partial charge in [0.2, 0.25) is 5.90 Å². The summed E-state index contributed by atoms with van der Waals surface area (Å²) in [6.07, 6.45) is 1.97. The highest BCUT2D eigenvalue weighted by molar-refractivity contribution is 6.10. The predicted molar refractivity (Wildman–Crippen MR) is 207 cm³/mol. The number of hydrogen-bond donors (Lipinski definition) is 0. The number of pyridine rings is 1. The molecule has 5 nitrogen and oxygen atoms in total. The van der Waals surface area contributed by atoms with E-state index < -0.39 is 0 Å². The third-order valence-corrected chi connectivity index (χ3v) is 11.0.